The van der Waals surface area contributed by atoms with Gasteiger partial charge in [-0.15, -0.1) is 11.3 Å². The predicted molar refractivity (Wildman–Crippen MR) is 73.5 cm³/mol. The third-order valence-corrected chi connectivity index (χ3v) is 3.37. The first-order chi connectivity index (χ1) is 9.20. The Kier molecular flexibility index (Phi) is 4.51. The van der Waals surface area contributed by atoms with Gasteiger partial charge in [0, 0.05) is 37.3 Å². The third-order valence-electron chi connectivity index (χ3n) is 2.57. The summed E-state index contributed by atoms with van der Waals surface area (Å²) in [5.74, 6) is -0.376. The zero-order chi connectivity index (χ0) is 13.7. The molecule has 19 heavy (non-hydrogen) atoms. The van der Waals surface area contributed by atoms with E-state index in [4.69, 9.17) is 4.74 Å². The van der Waals surface area contributed by atoms with Gasteiger partial charge in [0.05, 0.1) is 6.61 Å². The molecular weight excluding hydrogens is 264 g/mol. The summed E-state index contributed by atoms with van der Waals surface area (Å²) >= 11 is 1.40. The average molecular weight is 280 g/mol. The second-order valence-corrected chi connectivity index (χ2v) is 4.74. The van der Waals surface area contributed by atoms with Crippen LogP contribution < -0.4 is 5.32 Å². The number of ether oxygens (including phenoxy) is 1. The molecule has 0 spiro atoms. The van der Waals surface area contributed by atoms with Crippen LogP contribution in [0.25, 0.3) is 0 Å². The fraction of sp³-hybridized carbons (Fsp3) is 0.417. The molecule has 0 aliphatic heterocycles. The normalized spacial score (nSPS) is 10.4. The molecule has 0 atom stereocenters. The van der Waals surface area contributed by atoms with Crippen LogP contribution in [0.1, 0.15) is 23.1 Å². The molecule has 0 unspecified atom stereocenters. The lowest BCUT2D eigenvalue weighted by atomic mass is 10.3. The van der Waals surface area contributed by atoms with Crippen LogP contribution in [0.5, 0.6) is 0 Å². The van der Waals surface area contributed by atoms with Crippen molar-refractivity contribution in [2.45, 2.75) is 13.3 Å². The molecule has 0 aliphatic carbocycles. The minimum absolute atomic E-state index is 0.356. The van der Waals surface area contributed by atoms with Gasteiger partial charge in [0.25, 0.3) is 0 Å². The first kappa shape index (κ1) is 13.5. The molecule has 102 valence electrons. The topological polar surface area (TPSA) is 69.0 Å². The number of rotatable bonds is 6. The van der Waals surface area contributed by atoms with Crippen LogP contribution in [0.15, 0.2) is 17.6 Å². The molecular formula is C12H16N4O2S. The summed E-state index contributed by atoms with van der Waals surface area (Å²) < 4.78 is 6.73. The molecule has 2 aromatic rings. The number of carbonyl (C=O) groups excluding carboxylic acids is 1. The summed E-state index contributed by atoms with van der Waals surface area (Å²) in [7, 11) is 1.91. The van der Waals surface area contributed by atoms with Gasteiger partial charge in [0.2, 0.25) is 0 Å². The van der Waals surface area contributed by atoms with Gasteiger partial charge < -0.3 is 10.1 Å². The molecule has 0 saturated carbocycles. The highest BCUT2D eigenvalue weighted by atomic mass is 32.1. The van der Waals surface area contributed by atoms with E-state index < -0.39 is 0 Å². The van der Waals surface area contributed by atoms with Gasteiger partial charge in [-0.2, -0.15) is 5.10 Å². The van der Waals surface area contributed by atoms with E-state index >= 15 is 0 Å². The lowest BCUT2D eigenvalue weighted by Gasteiger charge is -2.03. The van der Waals surface area contributed by atoms with Crippen LogP contribution in [0, 0.1) is 0 Å². The maximum Gasteiger partial charge on any atom is 0.357 e. The lowest BCUT2D eigenvalue weighted by Crippen LogP contribution is -2.09. The lowest BCUT2D eigenvalue weighted by molar-refractivity contribution is 0.0520. The predicted octanol–water partition coefficient (Wildman–Crippen LogP) is 1.71. The van der Waals surface area contributed by atoms with Gasteiger partial charge in [-0.25, -0.2) is 9.78 Å². The van der Waals surface area contributed by atoms with Crippen LogP contribution >= 0.6 is 11.3 Å². The molecule has 6 nitrogen and oxygen atoms in total. The quantitative estimate of drug-likeness (QED) is 0.816. The van der Waals surface area contributed by atoms with Crippen molar-refractivity contribution in [2.75, 3.05) is 18.5 Å². The highest BCUT2D eigenvalue weighted by Gasteiger charge is 2.11. The van der Waals surface area contributed by atoms with Crippen molar-refractivity contribution in [3.8, 4) is 0 Å². The number of carbonyl (C=O) groups is 1. The van der Waals surface area contributed by atoms with E-state index in [1.807, 2.05) is 17.8 Å². The number of aryl methyl sites for hydroxylation is 1. The summed E-state index contributed by atoms with van der Waals surface area (Å²) in [4.78, 5) is 15.6. The fourth-order valence-corrected chi connectivity index (χ4v) is 2.31. The minimum Gasteiger partial charge on any atom is -0.461 e. The number of nitrogens with zero attached hydrogens (tertiary/aromatic N) is 3. The van der Waals surface area contributed by atoms with E-state index in [1.54, 1.807) is 18.5 Å². The van der Waals surface area contributed by atoms with E-state index in [-0.39, 0.29) is 5.97 Å². The second kappa shape index (κ2) is 6.33. The van der Waals surface area contributed by atoms with E-state index in [0.717, 1.165) is 23.8 Å². The molecule has 2 heterocycles. The van der Waals surface area contributed by atoms with Crippen molar-refractivity contribution in [1.82, 2.24) is 14.8 Å². The Morgan fingerprint density at radius 1 is 1.58 bits per heavy atom. The van der Waals surface area contributed by atoms with Gasteiger partial charge in [0.1, 0.15) is 0 Å². The molecule has 0 saturated heterocycles. The zero-order valence-corrected chi connectivity index (χ0v) is 11.7. The summed E-state index contributed by atoms with van der Waals surface area (Å²) in [6, 6.07) is 1.98. The van der Waals surface area contributed by atoms with Crippen LogP contribution in [-0.2, 0) is 18.2 Å². The van der Waals surface area contributed by atoms with Gasteiger partial charge >= 0.3 is 5.97 Å². The first-order valence-electron chi connectivity index (χ1n) is 6.04. The van der Waals surface area contributed by atoms with Crippen LogP contribution in [0.3, 0.4) is 0 Å². The van der Waals surface area contributed by atoms with Crippen molar-refractivity contribution in [1.29, 1.82) is 0 Å². The summed E-state index contributed by atoms with van der Waals surface area (Å²) in [5.41, 5.74) is 1.50. The summed E-state index contributed by atoms with van der Waals surface area (Å²) in [5, 5.41) is 9.72. The molecule has 0 amide bonds. The van der Waals surface area contributed by atoms with Gasteiger partial charge in [-0.05, 0) is 13.0 Å². The smallest absolute Gasteiger partial charge is 0.357 e. The Balaban J connectivity index is 1.84. The second-order valence-electron chi connectivity index (χ2n) is 3.88. The maximum absolute atomic E-state index is 11.4. The van der Waals surface area contributed by atoms with Crippen molar-refractivity contribution in [3.05, 3.63) is 29.0 Å². The maximum atomic E-state index is 11.4. The standard InChI is InChI=1S/C12H16N4O2S/c1-3-18-11(17)10-8-19-12(15-10)13-6-4-9-5-7-14-16(9)2/h5,7-8H,3-4,6H2,1-2H3,(H,13,15). The molecule has 0 fully saturated rings. The molecule has 2 rings (SSSR count). The molecule has 0 aliphatic rings. The first-order valence-corrected chi connectivity index (χ1v) is 6.92. The van der Waals surface area contributed by atoms with Crippen molar-refractivity contribution >= 4 is 22.4 Å². The number of anilines is 1. The zero-order valence-electron chi connectivity index (χ0n) is 10.9. The van der Waals surface area contributed by atoms with Crippen LogP contribution in [-0.4, -0.2) is 33.9 Å². The molecule has 1 N–H and O–H groups in total. The average Bonchev–Trinajstić information content (AvgIpc) is 3.00. The number of thiazole rings is 1. The highest BCUT2D eigenvalue weighted by molar-refractivity contribution is 7.13. The van der Waals surface area contributed by atoms with Gasteiger partial charge in [0.15, 0.2) is 10.8 Å². The Labute approximate surface area is 115 Å². The Bertz CT molecular complexity index is 549. The molecule has 2 aromatic heterocycles. The van der Waals surface area contributed by atoms with E-state index in [1.165, 1.54) is 11.3 Å². The third kappa shape index (κ3) is 3.54. The monoisotopic (exact) mass is 280 g/mol. The molecule has 0 radical (unpaired) electrons. The van der Waals surface area contributed by atoms with E-state index in [0.29, 0.717) is 12.3 Å². The van der Waals surface area contributed by atoms with Gasteiger partial charge in [-0.3, -0.25) is 4.68 Å². The van der Waals surface area contributed by atoms with Crippen molar-refractivity contribution < 1.29 is 9.53 Å². The van der Waals surface area contributed by atoms with Crippen molar-refractivity contribution in [3.63, 3.8) is 0 Å². The number of esters is 1. The number of hydrogen-bond acceptors (Lipinski definition) is 6. The largest absolute Gasteiger partial charge is 0.461 e. The number of hydrogen-bond donors (Lipinski definition) is 1. The summed E-state index contributed by atoms with van der Waals surface area (Å²) in [6.07, 6.45) is 2.63. The highest BCUT2D eigenvalue weighted by Crippen LogP contribution is 2.16. The Hall–Kier alpha value is -1.89. The SMILES string of the molecule is CCOC(=O)c1csc(NCCc2ccnn2C)n1. The molecule has 7 heteroatoms. The molecule has 0 bridgehead atoms. The van der Waals surface area contributed by atoms with Crippen LogP contribution in [0.4, 0.5) is 5.13 Å². The van der Waals surface area contributed by atoms with Gasteiger partial charge in [-0.1, -0.05) is 0 Å². The molecule has 0 aromatic carbocycles. The van der Waals surface area contributed by atoms with Crippen molar-refractivity contribution in [2.24, 2.45) is 7.05 Å². The number of aromatic nitrogens is 3. The van der Waals surface area contributed by atoms with Crippen LogP contribution in [0.2, 0.25) is 0 Å². The van der Waals surface area contributed by atoms with E-state index in [2.05, 4.69) is 15.4 Å². The summed E-state index contributed by atoms with van der Waals surface area (Å²) in [6.45, 7) is 2.88. The fourth-order valence-electron chi connectivity index (χ4n) is 1.60. The minimum atomic E-state index is -0.376. The Morgan fingerprint density at radius 3 is 3.11 bits per heavy atom. The number of nitrogens with one attached hydrogen (secondary N) is 1. The Morgan fingerprint density at radius 2 is 2.42 bits per heavy atom. The van der Waals surface area contributed by atoms with E-state index in [9.17, 15) is 4.79 Å².